The van der Waals surface area contributed by atoms with E-state index in [1.165, 1.54) is 29.2 Å². The van der Waals surface area contributed by atoms with Crippen LogP contribution in [0.15, 0.2) is 68.4 Å². The first-order chi connectivity index (χ1) is 16.6. The quantitative estimate of drug-likeness (QED) is 0.113. The number of nitro benzene ring substituents is 1. The van der Waals surface area contributed by atoms with Crippen LogP contribution in [0, 0.1) is 10.1 Å². The number of carbonyl (C=O) groups is 1. The van der Waals surface area contributed by atoms with Crippen LogP contribution in [0.5, 0.6) is 5.75 Å². The SMILES string of the molecule is O=C1/C(=C/c2cc(Br)c(OCc3ccc(Cl)cc3Cl)c(Br)c2)SC(=S)N1c1ccc([N+](=O)[O-])cc1. The Balaban J connectivity index is 1.53. The van der Waals surface area contributed by atoms with Crippen molar-refractivity contribution in [3.8, 4) is 5.75 Å². The summed E-state index contributed by atoms with van der Waals surface area (Å²) < 4.78 is 7.64. The molecule has 0 N–H and O–H groups in total. The zero-order valence-electron chi connectivity index (χ0n) is 17.3. The van der Waals surface area contributed by atoms with Gasteiger partial charge < -0.3 is 4.74 Å². The fourth-order valence-electron chi connectivity index (χ4n) is 3.15. The third-order valence-corrected chi connectivity index (χ3v) is 7.89. The molecular weight excluding hydrogens is 663 g/mol. The number of hydrogen-bond acceptors (Lipinski definition) is 6. The van der Waals surface area contributed by atoms with Crippen molar-refractivity contribution in [3.63, 3.8) is 0 Å². The van der Waals surface area contributed by atoms with E-state index in [-0.39, 0.29) is 18.2 Å². The third-order valence-electron chi connectivity index (χ3n) is 4.82. The van der Waals surface area contributed by atoms with Gasteiger partial charge in [0.1, 0.15) is 12.4 Å². The predicted molar refractivity (Wildman–Crippen MR) is 151 cm³/mol. The Morgan fingerprint density at radius 2 is 1.74 bits per heavy atom. The summed E-state index contributed by atoms with van der Waals surface area (Å²) in [6, 6.07) is 14.5. The number of carbonyl (C=O) groups excluding carboxylic acids is 1. The van der Waals surface area contributed by atoms with Gasteiger partial charge in [0.2, 0.25) is 0 Å². The number of thiocarbonyl (C=S) groups is 1. The van der Waals surface area contributed by atoms with Crippen molar-refractivity contribution < 1.29 is 14.5 Å². The molecule has 0 saturated carbocycles. The smallest absolute Gasteiger partial charge is 0.270 e. The van der Waals surface area contributed by atoms with E-state index in [0.29, 0.717) is 39.7 Å². The van der Waals surface area contributed by atoms with Gasteiger partial charge >= 0.3 is 0 Å². The minimum atomic E-state index is -0.499. The fraction of sp³-hybridized carbons (Fsp3) is 0.0435. The van der Waals surface area contributed by atoms with E-state index in [2.05, 4.69) is 31.9 Å². The van der Waals surface area contributed by atoms with Gasteiger partial charge in [-0.25, -0.2) is 0 Å². The first kappa shape index (κ1) is 26.1. The van der Waals surface area contributed by atoms with Gasteiger partial charge in [0.25, 0.3) is 11.6 Å². The first-order valence-electron chi connectivity index (χ1n) is 9.72. The highest BCUT2D eigenvalue weighted by atomic mass is 79.9. The van der Waals surface area contributed by atoms with Crippen molar-refractivity contribution in [2.45, 2.75) is 6.61 Å². The molecule has 0 radical (unpaired) electrons. The van der Waals surface area contributed by atoms with Crippen LogP contribution in [0.3, 0.4) is 0 Å². The van der Waals surface area contributed by atoms with E-state index < -0.39 is 4.92 Å². The van der Waals surface area contributed by atoms with Gasteiger partial charge in [-0.3, -0.25) is 19.8 Å². The maximum Gasteiger partial charge on any atom is 0.270 e. The van der Waals surface area contributed by atoms with Gasteiger partial charge in [-0.2, -0.15) is 0 Å². The van der Waals surface area contributed by atoms with E-state index in [1.54, 1.807) is 24.3 Å². The number of ether oxygens (including phenoxy) is 1. The Bertz CT molecular complexity index is 1380. The number of nitrogens with zero attached hydrogens (tertiary/aromatic N) is 2. The molecule has 1 saturated heterocycles. The maximum atomic E-state index is 13.0. The van der Waals surface area contributed by atoms with E-state index >= 15 is 0 Å². The second kappa shape index (κ2) is 11.0. The normalized spacial score (nSPS) is 14.6. The molecule has 12 heteroatoms. The van der Waals surface area contributed by atoms with Crippen molar-refractivity contribution in [2.75, 3.05) is 4.90 Å². The summed E-state index contributed by atoms with van der Waals surface area (Å²) in [4.78, 5) is 25.2. The molecule has 1 heterocycles. The molecule has 35 heavy (non-hydrogen) atoms. The molecule has 0 spiro atoms. The Hall–Kier alpha value is -1.95. The lowest BCUT2D eigenvalue weighted by molar-refractivity contribution is -0.384. The molecule has 0 atom stereocenters. The summed E-state index contributed by atoms with van der Waals surface area (Å²) in [5.74, 6) is 0.269. The van der Waals surface area contributed by atoms with Gasteiger partial charge in [0, 0.05) is 27.7 Å². The highest BCUT2D eigenvalue weighted by molar-refractivity contribution is 9.11. The summed E-state index contributed by atoms with van der Waals surface area (Å²) in [5.41, 5.74) is 1.93. The summed E-state index contributed by atoms with van der Waals surface area (Å²) in [7, 11) is 0. The highest BCUT2D eigenvalue weighted by Gasteiger charge is 2.33. The molecule has 3 aromatic rings. The van der Waals surface area contributed by atoms with Crippen LogP contribution >= 0.6 is 79.0 Å². The van der Waals surface area contributed by atoms with Crippen molar-refractivity contribution in [2.24, 2.45) is 0 Å². The van der Waals surface area contributed by atoms with Crippen LogP contribution in [0.1, 0.15) is 11.1 Å². The number of anilines is 1. The third kappa shape index (κ3) is 5.90. The Kier molecular flexibility index (Phi) is 8.19. The summed E-state index contributed by atoms with van der Waals surface area (Å²) in [5, 5.41) is 12.0. The molecule has 0 aromatic heterocycles. The van der Waals surface area contributed by atoms with Crippen LogP contribution < -0.4 is 9.64 Å². The van der Waals surface area contributed by atoms with Gasteiger partial charge in [-0.15, -0.1) is 0 Å². The van der Waals surface area contributed by atoms with Gasteiger partial charge in [0.05, 0.1) is 24.5 Å². The van der Waals surface area contributed by atoms with Crippen molar-refractivity contribution in [3.05, 3.63) is 99.7 Å². The molecule has 1 amide bonds. The molecular formula is C23H12Br2Cl2N2O4S2. The number of rotatable bonds is 6. The Morgan fingerprint density at radius 1 is 1.09 bits per heavy atom. The van der Waals surface area contributed by atoms with Crippen molar-refractivity contribution >= 4 is 107 Å². The van der Waals surface area contributed by atoms with Gasteiger partial charge in [-0.05, 0) is 79.9 Å². The molecule has 6 nitrogen and oxygen atoms in total. The summed E-state index contributed by atoms with van der Waals surface area (Å²) in [6.45, 7) is 0.237. The molecule has 1 fully saturated rings. The molecule has 0 unspecified atom stereocenters. The minimum absolute atomic E-state index is 0.0647. The van der Waals surface area contributed by atoms with E-state index in [4.69, 9.17) is 40.2 Å². The zero-order chi connectivity index (χ0) is 25.3. The predicted octanol–water partition coefficient (Wildman–Crippen LogP) is 8.41. The van der Waals surface area contributed by atoms with Crippen LogP contribution in [0.4, 0.5) is 11.4 Å². The molecule has 178 valence electrons. The number of benzene rings is 3. The molecule has 3 aromatic carbocycles. The highest BCUT2D eigenvalue weighted by Crippen LogP contribution is 2.40. The molecule has 1 aliphatic rings. The molecule has 4 rings (SSSR count). The largest absolute Gasteiger partial charge is 0.486 e. The van der Waals surface area contributed by atoms with E-state index in [1.807, 2.05) is 12.1 Å². The number of non-ortho nitro benzene ring substituents is 1. The molecule has 0 bridgehead atoms. The van der Waals surface area contributed by atoms with Crippen molar-refractivity contribution in [1.29, 1.82) is 0 Å². The lowest BCUT2D eigenvalue weighted by atomic mass is 10.2. The first-order valence-corrected chi connectivity index (χ1v) is 13.3. The molecule has 0 aliphatic carbocycles. The van der Waals surface area contributed by atoms with E-state index in [9.17, 15) is 14.9 Å². The topological polar surface area (TPSA) is 72.7 Å². The number of hydrogen-bond donors (Lipinski definition) is 0. The maximum absolute atomic E-state index is 13.0. The second-order valence-corrected chi connectivity index (χ2v) is 11.4. The second-order valence-electron chi connectivity index (χ2n) is 7.13. The summed E-state index contributed by atoms with van der Waals surface area (Å²) >= 11 is 25.8. The standard InChI is InChI=1S/C23H12Br2Cl2N2O4S2/c24-17-7-12(8-18(25)21(17)33-11-13-1-2-14(26)10-19(13)27)9-20-22(30)28(23(34)35-20)15-3-5-16(6-4-15)29(31)32/h1-10H,11H2/b20-9-. The zero-order valence-corrected chi connectivity index (χ0v) is 23.7. The lowest BCUT2D eigenvalue weighted by Gasteiger charge is -2.14. The summed E-state index contributed by atoms with van der Waals surface area (Å²) in [6.07, 6.45) is 1.72. The fourth-order valence-corrected chi connectivity index (χ4v) is 6.37. The van der Waals surface area contributed by atoms with Crippen LogP contribution in [0.2, 0.25) is 10.0 Å². The Morgan fingerprint density at radius 3 is 2.34 bits per heavy atom. The molecule has 1 aliphatic heterocycles. The number of halogens is 4. The minimum Gasteiger partial charge on any atom is -0.486 e. The number of thioether (sulfide) groups is 1. The number of amides is 1. The van der Waals surface area contributed by atoms with Gasteiger partial charge in [-0.1, -0.05) is 53.2 Å². The van der Waals surface area contributed by atoms with Crippen LogP contribution in [0.25, 0.3) is 6.08 Å². The average Bonchev–Trinajstić information content (AvgIpc) is 3.07. The lowest BCUT2D eigenvalue weighted by Crippen LogP contribution is -2.27. The van der Waals surface area contributed by atoms with Gasteiger partial charge in [0.15, 0.2) is 4.32 Å². The average molecular weight is 675 g/mol. The monoisotopic (exact) mass is 672 g/mol. The van der Waals surface area contributed by atoms with E-state index in [0.717, 1.165) is 22.9 Å². The number of nitro groups is 1. The van der Waals surface area contributed by atoms with Crippen LogP contribution in [-0.2, 0) is 11.4 Å². The van der Waals surface area contributed by atoms with Crippen LogP contribution in [-0.4, -0.2) is 15.2 Å². The Labute approximate surface area is 236 Å². The van der Waals surface area contributed by atoms with Crippen molar-refractivity contribution in [1.82, 2.24) is 0 Å².